The summed E-state index contributed by atoms with van der Waals surface area (Å²) < 4.78 is 1.93. The predicted molar refractivity (Wildman–Crippen MR) is 129 cm³/mol. The number of aryl methyl sites for hydroxylation is 4. The van der Waals surface area contributed by atoms with E-state index in [9.17, 15) is 14.7 Å². The number of anilines is 2. The molecular formula is C26H30N4O3. The smallest absolute Gasteiger partial charge is 0.412 e. The normalized spacial score (nSPS) is 15.5. The van der Waals surface area contributed by atoms with Gasteiger partial charge >= 0.3 is 6.09 Å². The SMILES string of the molecule is CCC1CN(C(=O)c2cccc(Cn3nc(C)cc3C)c2)c2cc(C)c(C)cc2N1C(=O)O. The van der Waals surface area contributed by atoms with Gasteiger partial charge in [0.05, 0.1) is 29.7 Å². The fourth-order valence-electron chi connectivity index (χ4n) is 4.51. The molecule has 7 heteroatoms. The van der Waals surface area contributed by atoms with Gasteiger partial charge < -0.3 is 10.0 Å². The molecule has 0 aliphatic carbocycles. The van der Waals surface area contributed by atoms with Gasteiger partial charge in [0.1, 0.15) is 0 Å². The Morgan fingerprint density at radius 1 is 1.03 bits per heavy atom. The summed E-state index contributed by atoms with van der Waals surface area (Å²) in [6.45, 7) is 10.8. The number of aromatic nitrogens is 2. The van der Waals surface area contributed by atoms with E-state index in [0.717, 1.165) is 28.1 Å². The highest BCUT2D eigenvalue weighted by atomic mass is 16.4. The van der Waals surface area contributed by atoms with E-state index in [1.165, 1.54) is 4.90 Å². The molecule has 0 spiro atoms. The lowest BCUT2D eigenvalue weighted by Crippen LogP contribution is -2.52. The lowest BCUT2D eigenvalue weighted by molar-refractivity contribution is 0.0982. The summed E-state index contributed by atoms with van der Waals surface area (Å²) in [5, 5.41) is 14.4. The molecule has 1 aliphatic rings. The van der Waals surface area contributed by atoms with Crippen molar-refractivity contribution in [2.45, 2.75) is 53.6 Å². The number of benzene rings is 2. The maximum Gasteiger partial charge on any atom is 0.412 e. The van der Waals surface area contributed by atoms with Gasteiger partial charge in [0, 0.05) is 17.8 Å². The van der Waals surface area contributed by atoms with Gasteiger partial charge in [-0.25, -0.2) is 4.79 Å². The highest BCUT2D eigenvalue weighted by molar-refractivity contribution is 6.10. The minimum atomic E-state index is -0.995. The Morgan fingerprint density at radius 3 is 2.33 bits per heavy atom. The minimum Gasteiger partial charge on any atom is -0.465 e. The molecule has 3 aromatic rings. The van der Waals surface area contributed by atoms with E-state index >= 15 is 0 Å². The average Bonchev–Trinajstić information content (AvgIpc) is 3.09. The maximum absolute atomic E-state index is 13.7. The molecule has 1 atom stereocenters. The molecule has 0 bridgehead atoms. The zero-order valence-electron chi connectivity index (χ0n) is 19.8. The van der Waals surface area contributed by atoms with Crippen LogP contribution in [-0.2, 0) is 6.54 Å². The number of carboxylic acid groups (broad SMARTS) is 1. The number of rotatable bonds is 4. The first kappa shape index (κ1) is 22.6. The van der Waals surface area contributed by atoms with Crippen molar-refractivity contribution >= 4 is 23.4 Å². The molecule has 4 rings (SSSR count). The molecule has 1 aromatic heterocycles. The van der Waals surface area contributed by atoms with E-state index in [1.807, 2.05) is 81.8 Å². The molecule has 1 unspecified atom stereocenters. The monoisotopic (exact) mass is 446 g/mol. The number of nitrogens with zero attached hydrogens (tertiary/aromatic N) is 4. The third-order valence-corrected chi connectivity index (χ3v) is 6.43. The first-order valence-corrected chi connectivity index (χ1v) is 11.2. The van der Waals surface area contributed by atoms with Gasteiger partial charge in [0.15, 0.2) is 0 Å². The summed E-state index contributed by atoms with van der Waals surface area (Å²) in [7, 11) is 0. The Hall–Kier alpha value is -3.61. The predicted octanol–water partition coefficient (Wildman–Crippen LogP) is 5.09. The molecule has 0 saturated heterocycles. The summed E-state index contributed by atoms with van der Waals surface area (Å²) in [4.78, 5) is 28.9. The van der Waals surface area contributed by atoms with E-state index < -0.39 is 6.09 Å². The molecular weight excluding hydrogens is 416 g/mol. The second kappa shape index (κ2) is 8.73. The van der Waals surface area contributed by atoms with Crippen LogP contribution in [0, 0.1) is 27.7 Å². The molecule has 0 radical (unpaired) electrons. The quantitative estimate of drug-likeness (QED) is 0.606. The van der Waals surface area contributed by atoms with Crippen molar-refractivity contribution in [3.05, 3.63) is 76.1 Å². The lowest BCUT2D eigenvalue weighted by Gasteiger charge is -2.41. The molecule has 1 aliphatic heterocycles. The van der Waals surface area contributed by atoms with Crippen LogP contribution in [0.5, 0.6) is 0 Å². The van der Waals surface area contributed by atoms with Gasteiger partial charge in [-0.15, -0.1) is 0 Å². The second-order valence-electron chi connectivity index (χ2n) is 8.84. The number of carbonyl (C=O) groups excluding carboxylic acids is 1. The maximum atomic E-state index is 13.7. The zero-order valence-corrected chi connectivity index (χ0v) is 19.8. The van der Waals surface area contributed by atoms with E-state index in [0.29, 0.717) is 36.4 Å². The molecule has 172 valence electrons. The van der Waals surface area contributed by atoms with Crippen molar-refractivity contribution in [1.29, 1.82) is 0 Å². The van der Waals surface area contributed by atoms with E-state index in [1.54, 1.807) is 4.90 Å². The standard InChI is InChI=1S/C26H30N4O3/c1-6-22-15-28(23-10-16(2)17(3)11-24(23)30(22)26(32)33)25(31)21-9-7-8-20(13-21)14-29-19(5)12-18(4)27-29/h7-13,22H,6,14-15H2,1-5H3,(H,32,33). The van der Waals surface area contributed by atoms with Crippen LogP contribution in [0.4, 0.5) is 16.2 Å². The van der Waals surface area contributed by atoms with Crippen molar-refractivity contribution in [3.63, 3.8) is 0 Å². The molecule has 7 nitrogen and oxygen atoms in total. The second-order valence-corrected chi connectivity index (χ2v) is 8.84. The van der Waals surface area contributed by atoms with Crippen LogP contribution in [0.1, 0.15) is 51.8 Å². The summed E-state index contributed by atoms with van der Waals surface area (Å²) in [5.74, 6) is -0.127. The van der Waals surface area contributed by atoms with Crippen molar-refractivity contribution in [1.82, 2.24) is 9.78 Å². The molecule has 33 heavy (non-hydrogen) atoms. The zero-order chi connectivity index (χ0) is 23.9. The van der Waals surface area contributed by atoms with Crippen LogP contribution in [0.3, 0.4) is 0 Å². The Bertz CT molecular complexity index is 1230. The van der Waals surface area contributed by atoms with E-state index in [-0.39, 0.29) is 11.9 Å². The Morgan fingerprint density at radius 2 is 1.73 bits per heavy atom. The van der Waals surface area contributed by atoms with E-state index in [4.69, 9.17) is 0 Å². The topological polar surface area (TPSA) is 78.7 Å². The lowest BCUT2D eigenvalue weighted by atomic mass is 9.99. The number of carbonyl (C=O) groups is 2. The summed E-state index contributed by atoms with van der Waals surface area (Å²) in [6.07, 6.45) is -0.384. The van der Waals surface area contributed by atoms with Gasteiger partial charge in [0.25, 0.3) is 5.91 Å². The van der Waals surface area contributed by atoms with Crippen molar-refractivity contribution in [2.24, 2.45) is 0 Å². The van der Waals surface area contributed by atoms with Gasteiger partial charge in [-0.2, -0.15) is 5.10 Å². The first-order valence-electron chi connectivity index (χ1n) is 11.2. The van der Waals surface area contributed by atoms with Gasteiger partial charge in [0.2, 0.25) is 0 Å². The largest absolute Gasteiger partial charge is 0.465 e. The van der Waals surface area contributed by atoms with Crippen LogP contribution < -0.4 is 9.80 Å². The van der Waals surface area contributed by atoms with Gasteiger partial charge in [-0.05, 0) is 81.1 Å². The third kappa shape index (κ3) is 4.23. The van der Waals surface area contributed by atoms with Crippen molar-refractivity contribution in [3.8, 4) is 0 Å². The molecule has 0 saturated carbocycles. The molecule has 1 N–H and O–H groups in total. The van der Waals surface area contributed by atoms with Crippen LogP contribution in [0.2, 0.25) is 0 Å². The summed E-state index contributed by atoms with van der Waals surface area (Å²) in [5.41, 5.74) is 6.82. The average molecular weight is 447 g/mol. The molecule has 0 fully saturated rings. The van der Waals surface area contributed by atoms with Crippen LogP contribution >= 0.6 is 0 Å². The van der Waals surface area contributed by atoms with Gasteiger partial charge in [-0.1, -0.05) is 19.1 Å². The number of hydrogen-bond acceptors (Lipinski definition) is 3. The third-order valence-electron chi connectivity index (χ3n) is 6.43. The van der Waals surface area contributed by atoms with Crippen LogP contribution in [0.25, 0.3) is 0 Å². The number of fused-ring (bicyclic) bond motifs is 1. The highest BCUT2D eigenvalue weighted by Gasteiger charge is 2.37. The molecule has 2 amide bonds. The molecule has 2 aromatic carbocycles. The van der Waals surface area contributed by atoms with Crippen LogP contribution in [0.15, 0.2) is 42.5 Å². The Labute approximate surface area is 194 Å². The highest BCUT2D eigenvalue weighted by Crippen LogP contribution is 2.39. The summed E-state index contributed by atoms with van der Waals surface area (Å²) >= 11 is 0. The van der Waals surface area contributed by atoms with Crippen molar-refractivity contribution < 1.29 is 14.7 Å². The summed E-state index contributed by atoms with van der Waals surface area (Å²) in [6, 6.07) is 13.1. The Kier molecular flexibility index (Phi) is 5.97. The fraction of sp³-hybridized carbons (Fsp3) is 0.346. The van der Waals surface area contributed by atoms with Gasteiger partial charge in [-0.3, -0.25) is 14.4 Å². The van der Waals surface area contributed by atoms with Crippen molar-refractivity contribution in [2.75, 3.05) is 16.3 Å². The Balaban J connectivity index is 1.72. The fourth-order valence-corrected chi connectivity index (χ4v) is 4.51. The van der Waals surface area contributed by atoms with Crippen LogP contribution in [-0.4, -0.2) is 39.5 Å². The minimum absolute atomic E-state index is 0.127. The van der Waals surface area contributed by atoms with E-state index in [2.05, 4.69) is 5.10 Å². The first-order chi connectivity index (χ1) is 15.7. The number of hydrogen-bond donors (Lipinski definition) is 1. The number of amides is 2. The molecule has 2 heterocycles.